The number of phosphoric acid groups is 2. The zero-order chi connectivity index (χ0) is 73.7. The second-order valence-electron chi connectivity index (χ2n) is 30.6. The van der Waals surface area contributed by atoms with Crippen LogP contribution in [0.5, 0.6) is 0 Å². The first kappa shape index (κ1) is 98.1. The minimum absolute atomic E-state index is 0.107. The predicted octanol–water partition coefficient (Wildman–Crippen LogP) is 24.1. The van der Waals surface area contributed by atoms with E-state index in [-0.39, 0.29) is 25.7 Å². The maximum absolute atomic E-state index is 13.1. The molecule has 3 N–H and O–H groups in total. The van der Waals surface area contributed by atoms with Gasteiger partial charge >= 0.3 is 39.5 Å². The van der Waals surface area contributed by atoms with Gasteiger partial charge in [0.2, 0.25) is 0 Å². The van der Waals surface area contributed by atoms with Crippen molar-refractivity contribution in [2.45, 2.75) is 439 Å². The Morgan fingerprint density at radius 1 is 0.270 bits per heavy atom. The molecule has 0 bridgehead atoms. The number of unbranched alkanes of at least 4 members (excludes halogenated alkanes) is 47. The molecular formula is C81H158O17P2. The highest BCUT2D eigenvalue weighted by atomic mass is 31.2. The van der Waals surface area contributed by atoms with Crippen molar-refractivity contribution in [1.82, 2.24) is 0 Å². The van der Waals surface area contributed by atoms with Gasteiger partial charge in [-0.2, -0.15) is 0 Å². The molecule has 2 unspecified atom stereocenters. The topological polar surface area (TPSA) is 237 Å². The van der Waals surface area contributed by atoms with Crippen LogP contribution >= 0.6 is 15.6 Å². The average molecular weight is 1470 g/mol. The van der Waals surface area contributed by atoms with E-state index in [4.69, 9.17) is 37.0 Å². The highest BCUT2D eigenvalue weighted by Gasteiger charge is 2.30. The largest absolute Gasteiger partial charge is 0.472 e. The van der Waals surface area contributed by atoms with Crippen LogP contribution in [0.4, 0.5) is 0 Å². The van der Waals surface area contributed by atoms with Gasteiger partial charge < -0.3 is 33.8 Å². The van der Waals surface area contributed by atoms with E-state index < -0.39 is 97.5 Å². The van der Waals surface area contributed by atoms with Gasteiger partial charge in [-0.3, -0.25) is 37.3 Å². The Kier molecular flexibility index (Phi) is 69.9. The molecule has 0 spiro atoms. The standard InChI is InChI=1S/C81H158O17P2/c1-8-9-10-11-12-13-14-15-18-24-30-35-42-50-57-64-81(86)98-77(69-92-79(84)63-56-49-44-37-40-47-54-61-74(6)7)71-96-100(89,90)94-67-75(82)66-93-99(87,88)95-70-76(68-91-78(83)62-55-48-41-34-29-26-21-23-28-33-39-46-53-60-73(4)5)97-80(85)65-58-51-43-36-31-25-20-17-16-19-22-27-32-38-45-52-59-72(2)3/h72-77,82H,8-71H2,1-7H3,(H,87,88)(H,89,90)/t75-,76-,77-/m1/s1. The molecule has 594 valence electrons. The van der Waals surface area contributed by atoms with E-state index in [1.54, 1.807) is 0 Å². The van der Waals surface area contributed by atoms with Crippen LogP contribution in [0.25, 0.3) is 0 Å². The van der Waals surface area contributed by atoms with Gasteiger partial charge in [-0.25, -0.2) is 9.13 Å². The lowest BCUT2D eigenvalue weighted by Crippen LogP contribution is -2.30. The lowest BCUT2D eigenvalue weighted by Gasteiger charge is -2.21. The molecule has 0 aliphatic rings. The molecule has 0 aromatic rings. The van der Waals surface area contributed by atoms with Gasteiger partial charge in [0.1, 0.15) is 19.3 Å². The first-order valence-corrected chi connectivity index (χ1v) is 44.8. The number of carbonyl (C=O) groups excluding carboxylic acids is 4. The van der Waals surface area contributed by atoms with Crippen molar-refractivity contribution >= 4 is 39.5 Å². The predicted molar refractivity (Wildman–Crippen MR) is 409 cm³/mol. The average Bonchev–Trinajstić information content (AvgIpc) is 0.990. The number of esters is 4. The quantitative estimate of drug-likeness (QED) is 0.0222. The SMILES string of the molecule is CCCCCCCCCCCCCCCCCC(=O)O[C@H](COC(=O)CCCCCCCCCC(C)C)COP(=O)(O)OC[C@H](O)COP(=O)(O)OC[C@@H](COC(=O)CCCCCCCCCCCCCCCC(C)C)OC(=O)CCCCCCCCCCCCCCCCCCC(C)C. The first-order valence-electron chi connectivity index (χ1n) is 41.8. The van der Waals surface area contributed by atoms with E-state index in [1.807, 2.05) is 0 Å². The van der Waals surface area contributed by atoms with Crippen molar-refractivity contribution in [3.8, 4) is 0 Å². The first-order chi connectivity index (χ1) is 48.2. The third-order valence-electron chi connectivity index (χ3n) is 18.9. The van der Waals surface area contributed by atoms with Crippen molar-refractivity contribution in [2.24, 2.45) is 17.8 Å². The molecule has 0 amide bonds. The molecular weight excluding hydrogens is 1310 g/mol. The van der Waals surface area contributed by atoms with E-state index in [0.717, 1.165) is 108 Å². The molecule has 0 saturated carbocycles. The summed E-state index contributed by atoms with van der Waals surface area (Å²) in [5, 5.41) is 10.6. The maximum atomic E-state index is 13.1. The van der Waals surface area contributed by atoms with Crippen LogP contribution in [0, 0.1) is 17.8 Å². The molecule has 0 rings (SSSR count). The van der Waals surface area contributed by atoms with Gasteiger partial charge in [-0.05, 0) is 43.4 Å². The number of carbonyl (C=O) groups is 4. The third kappa shape index (κ3) is 74.3. The fourth-order valence-corrected chi connectivity index (χ4v) is 14.1. The number of aliphatic hydroxyl groups excluding tert-OH is 1. The number of hydrogen-bond donors (Lipinski definition) is 3. The summed E-state index contributed by atoms with van der Waals surface area (Å²) in [6.07, 6.45) is 59.7. The van der Waals surface area contributed by atoms with E-state index in [1.165, 1.54) is 225 Å². The smallest absolute Gasteiger partial charge is 0.462 e. The number of ether oxygens (including phenoxy) is 4. The van der Waals surface area contributed by atoms with Crippen LogP contribution < -0.4 is 0 Å². The molecule has 0 radical (unpaired) electrons. The Morgan fingerprint density at radius 2 is 0.460 bits per heavy atom. The zero-order valence-electron chi connectivity index (χ0n) is 65.7. The highest BCUT2D eigenvalue weighted by Crippen LogP contribution is 2.45. The van der Waals surface area contributed by atoms with Crippen molar-refractivity contribution in [2.75, 3.05) is 39.6 Å². The van der Waals surface area contributed by atoms with Gasteiger partial charge in [0.15, 0.2) is 12.2 Å². The Morgan fingerprint density at radius 3 is 0.680 bits per heavy atom. The maximum Gasteiger partial charge on any atom is 0.472 e. The van der Waals surface area contributed by atoms with Crippen molar-refractivity contribution < 1.29 is 80.2 Å². The van der Waals surface area contributed by atoms with Crippen molar-refractivity contribution in [3.63, 3.8) is 0 Å². The van der Waals surface area contributed by atoms with E-state index in [2.05, 4.69) is 48.5 Å². The van der Waals surface area contributed by atoms with Crippen LogP contribution in [0.3, 0.4) is 0 Å². The molecule has 0 aliphatic carbocycles. The molecule has 0 saturated heterocycles. The minimum Gasteiger partial charge on any atom is -0.462 e. The summed E-state index contributed by atoms with van der Waals surface area (Å²) in [5.74, 6) is 0.195. The number of hydrogen-bond acceptors (Lipinski definition) is 15. The van der Waals surface area contributed by atoms with Gasteiger partial charge in [0.25, 0.3) is 0 Å². The Hall–Kier alpha value is -1.94. The molecule has 0 aromatic heterocycles. The van der Waals surface area contributed by atoms with E-state index >= 15 is 0 Å². The van der Waals surface area contributed by atoms with Crippen molar-refractivity contribution in [3.05, 3.63) is 0 Å². The Balaban J connectivity index is 5.24. The molecule has 0 aliphatic heterocycles. The van der Waals surface area contributed by atoms with E-state index in [9.17, 15) is 43.2 Å². The van der Waals surface area contributed by atoms with Gasteiger partial charge in [-0.15, -0.1) is 0 Å². The summed E-state index contributed by atoms with van der Waals surface area (Å²) in [5.41, 5.74) is 0. The zero-order valence-corrected chi connectivity index (χ0v) is 67.5. The van der Waals surface area contributed by atoms with Crippen LogP contribution in [-0.4, -0.2) is 96.7 Å². The molecule has 100 heavy (non-hydrogen) atoms. The molecule has 17 nitrogen and oxygen atoms in total. The van der Waals surface area contributed by atoms with Crippen LogP contribution in [0.15, 0.2) is 0 Å². The fraction of sp³-hybridized carbons (Fsp3) is 0.951. The third-order valence-corrected chi connectivity index (χ3v) is 20.8. The lowest BCUT2D eigenvalue weighted by molar-refractivity contribution is -0.161. The normalized spacial score (nSPS) is 14.0. The number of aliphatic hydroxyl groups is 1. The Labute approximate surface area is 613 Å². The molecule has 0 aromatic carbocycles. The minimum atomic E-state index is -4.96. The van der Waals surface area contributed by atoms with Crippen LogP contribution in [-0.2, 0) is 65.4 Å². The molecule has 0 fully saturated rings. The summed E-state index contributed by atoms with van der Waals surface area (Å²) in [6, 6.07) is 0. The summed E-state index contributed by atoms with van der Waals surface area (Å²) < 4.78 is 68.7. The Bertz CT molecular complexity index is 1940. The number of rotatable bonds is 79. The fourth-order valence-electron chi connectivity index (χ4n) is 12.5. The summed E-state index contributed by atoms with van der Waals surface area (Å²) in [6.45, 7) is 11.9. The second-order valence-corrected chi connectivity index (χ2v) is 33.5. The van der Waals surface area contributed by atoms with Crippen molar-refractivity contribution in [1.29, 1.82) is 0 Å². The molecule has 5 atom stereocenters. The van der Waals surface area contributed by atoms with Crippen LogP contribution in [0.1, 0.15) is 421 Å². The summed E-state index contributed by atoms with van der Waals surface area (Å²) in [4.78, 5) is 73.0. The van der Waals surface area contributed by atoms with Gasteiger partial charge in [0, 0.05) is 25.7 Å². The monoisotopic (exact) mass is 1470 g/mol. The van der Waals surface area contributed by atoms with E-state index in [0.29, 0.717) is 31.6 Å². The lowest BCUT2D eigenvalue weighted by atomic mass is 10.0. The molecule has 0 heterocycles. The summed E-state index contributed by atoms with van der Waals surface area (Å²) in [7, 11) is -9.92. The van der Waals surface area contributed by atoms with Gasteiger partial charge in [-0.1, -0.05) is 370 Å². The second kappa shape index (κ2) is 71.3. The summed E-state index contributed by atoms with van der Waals surface area (Å²) >= 11 is 0. The molecule has 19 heteroatoms. The number of phosphoric ester groups is 2. The van der Waals surface area contributed by atoms with Crippen LogP contribution in [0.2, 0.25) is 0 Å². The van der Waals surface area contributed by atoms with Gasteiger partial charge in [0.05, 0.1) is 26.4 Å². The highest BCUT2D eigenvalue weighted by molar-refractivity contribution is 7.47.